The Morgan fingerprint density at radius 1 is 1.24 bits per heavy atom. The standard InChI is InChI=1S/C22H33N5O5S2/c1-22(2,3)32-21(29)24-12-11-20(28)25-19-10-5-16(26-27-23)13-15(19)14-34(30,31)18-8-6-17(33-4)7-9-18/h6-9,15-16,19H,5,10-14H2,1-4H3,(H,24,29)(H,25,28)/t15-,16+,19-/m1/s1. The van der Waals surface area contributed by atoms with E-state index in [1.54, 1.807) is 45.0 Å². The molecule has 0 bridgehead atoms. The van der Waals surface area contributed by atoms with E-state index in [1.165, 1.54) is 11.8 Å². The summed E-state index contributed by atoms with van der Waals surface area (Å²) in [5, 5.41) is 9.23. The number of hydrogen-bond donors (Lipinski definition) is 2. The second-order valence-corrected chi connectivity index (χ2v) is 12.2. The predicted octanol–water partition coefficient (Wildman–Crippen LogP) is 4.06. The third-order valence-corrected chi connectivity index (χ3v) is 7.99. The van der Waals surface area contributed by atoms with E-state index in [9.17, 15) is 18.0 Å². The zero-order chi connectivity index (χ0) is 25.4. The Labute approximate surface area is 205 Å². The molecule has 2 amide bonds. The van der Waals surface area contributed by atoms with E-state index in [2.05, 4.69) is 20.7 Å². The highest BCUT2D eigenvalue weighted by Gasteiger charge is 2.34. The smallest absolute Gasteiger partial charge is 0.407 e. The summed E-state index contributed by atoms with van der Waals surface area (Å²) < 4.78 is 31.3. The lowest BCUT2D eigenvalue weighted by atomic mass is 9.83. The highest BCUT2D eigenvalue weighted by atomic mass is 32.2. The Balaban J connectivity index is 2.02. The van der Waals surface area contributed by atoms with Crippen LogP contribution in [0.3, 0.4) is 0 Å². The van der Waals surface area contributed by atoms with Crippen molar-refractivity contribution in [2.24, 2.45) is 11.0 Å². The number of rotatable bonds is 9. The van der Waals surface area contributed by atoms with Gasteiger partial charge in [0.25, 0.3) is 0 Å². The van der Waals surface area contributed by atoms with Crippen LogP contribution in [0.2, 0.25) is 0 Å². The fraction of sp³-hybridized carbons (Fsp3) is 0.636. The lowest BCUT2D eigenvalue weighted by molar-refractivity contribution is -0.122. The minimum absolute atomic E-state index is 0.0329. The number of nitrogens with zero attached hydrogens (tertiary/aromatic N) is 3. The number of hydrogen-bond acceptors (Lipinski definition) is 7. The molecule has 1 fully saturated rings. The number of thioether (sulfide) groups is 1. The van der Waals surface area contributed by atoms with Gasteiger partial charge >= 0.3 is 6.09 Å². The second-order valence-electron chi connectivity index (χ2n) is 9.24. The summed E-state index contributed by atoms with van der Waals surface area (Å²) >= 11 is 1.52. The number of ether oxygens (including phenoxy) is 1. The Bertz CT molecular complexity index is 1000. The third-order valence-electron chi connectivity index (χ3n) is 5.39. The van der Waals surface area contributed by atoms with Crippen molar-refractivity contribution < 1.29 is 22.7 Å². The Morgan fingerprint density at radius 3 is 2.50 bits per heavy atom. The van der Waals surface area contributed by atoms with Gasteiger partial charge in [-0.25, -0.2) is 13.2 Å². The van der Waals surface area contributed by atoms with E-state index in [-0.39, 0.29) is 41.6 Å². The summed E-state index contributed by atoms with van der Waals surface area (Å²) in [6, 6.07) is 6.01. The highest BCUT2D eigenvalue weighted by Crippen LogP contribution is 2.30. The molecular weight excluding hydrogens is 478 g/mol. The summed E-state index contributed by atoms with van der Waals surface area (Å²) in [7, 11) is -3.61. The number of azide groups is 1. The molecule has 12 heteroatoms. The summed E-state index contributed by atoms with van der Waals surface area (Å²) in [5.74, 6) is -0.864. The molecule has 10 nitrogen and oxygen atoms in total. The van der Waals surface area contributed by atoms with Crippen molar-refractivity contribution in [2.75, 3.05) is 18.6 Å². The minimum Gasteiger partial charge on any atom is -0.444 e. The average molecular weight is 512 g/mol. The zero-order valence-electron chi connectivity index (χ0n) is 20.0. The van der Waals surface area contributed by atoms with Crippen LogP contribution in [0.25, 0.3) is 10.4 Å². The predicted molar refractivity (Wildman–Crippen MR) is 131 cm³/mol. The van der Waals surface area contributed by atoms with Crippen LogP contribution in [0, 0.1) is 5.92 Å². The molecule has 0 saturated heterocycles. The summed E-state index contributed by atoms with van der Waals surface area (Å²) in [6.07, 6.45) is 2.77. The van der Waals surface area contributed by atoms with Crippen LogP contribution >= 0.6 is 11.8 Å². The van der Waals surface area contributed by atoms with Gasteiger partial charge in [0.15, 0.2) is 9.84 Å². The number of benzene rings is 1. The maximum absolute atomic E-state index is 13.1. The maximum Gasteiger partial charge on any atom is 0.407 e. The first-order valence-electron chi connectivity index (χ1n) is 11.1. The number of carbonyl (C=O) groups is 2. The molecule has 1 aromatic rings. The van der Waals surface area contributed by atoms with Crippen LogP contribution in [0.1, 0.15) is 46.5 Å². The molecule has 2 N–H and O–H groups in total. The van der Waals surface area contributed by atoms with Crippen molar-refractivity contribution in [1.82, 2.24) is 10.6 Å². The first-order valence-corrected chi connectivity index (χ1v) is 14.0. The van der Waals surface area contributed by atoms with E-state index in [0.717, 1.165) is 4.90 Å². The van der Waals surface area contributed by atoms with Crippen LogP contribution in [0.4, 0.5) is 4.79 Å². The van der Waals surface area contributed by atoms with Crippen LogP contribution in [-0.4, -0.2) is 56.7 Å². The van der Waals surface area contributed by atoms with E-state index in [0.29, 0.717) is 19.3 Å². The molecule has 1 saturated carbocycles. The van der Waals surface area contributed by atoms with Crippen LogP contribution in [0.15, 0.2) is 39.2 Å². The number of carbonyl (C=O) groups excluding carboxylic acids is 2. The van der Waals surface area contributed by atoms with Gasteiger partial charge in [0.2, 0.25) is 5.91 Å². The van der Waals surface area contributed by atoms with Gasteiger partial charge in [-0.15, -0.1) is 11.8 Å². The average Bonchev–Trinajstić information content (AvgIpc) is 2.74. The molecule has 1 aliphatic carbocycles. The number of alkyl carbamates (subject to hydrolysis) is 1. The number of sulfone groups is 1. The van der Waals surface area contributed by atoms with E-state index in [1.807, 2.05) is 6.26 Å². The molecule has 0 unspecified atom stereocenters. The van der Waals surface area contributed by atoms with E-state index >= 15 is 0 Å². The fourth-order valence-corrected chi connectivity index (χ4v) is 5.91. The first-order chi connectivity index (χ1) is 15.9. The van der Waals surface area contributed by atoms with Gasteiger partial charge in [-0.2, -0.15) is 0 Å². The largest absolute Gasteiger partial charge is 0.444 e. The normalized spacial score (nSPS) is 20.6. The number of nitrogens with one attached hydrogen (secondary N) is 2. The molecule has 3 atom stereocenters. The van der Waals surface area contributed by atoms with Gasteiger partial charge in [0.05, 0.1) is 10.6 Å². The molecule has 1 aromatic carbocycles. The molecule has 0 radical (unpaired) electrons. The van der Waals surface area contributed by atoms with Crippen molar-refractivity contribution in [3.63, 3.8) is 0 Å². The number of amides is 2. The van der Waals surface area contributed by atoms with Gasteiger partial charge in [-0.3, -0.25) is 4.79 Å². The Kier molecular flexibility index (Phi) is 10.1. The van der Waals surface area contributed by atoms with Crippen molar-refractivity contribution in [2.45, 2.75) is 73.9 Å². The summed E-state index contributed by atoms with van der Waals surface area (Å²) in [6.45, 7) is 5.34. The third kappa shape index (κ3) is 9.08. The van der Waals surface area contributed by atoms with Crippen molar-refractivity contribution in [3.05, 3.63) is 34.7 Å². The topological polar surface area (TPSA) is 150 Å². The monoisotopic (exact) mass is 511 g/mol. The van der Waals surface area contributed by atoms with E-state index < -0.39 is 27.4 Å². The van der Waals surface area contributed by atoms with Crippen molar-refractivity contribution in [1.29, 1.82) is 0 Å². The summed E-state index contributed by atoms with van der Waals surface area (Å²) in [4.78, 5) is 28.3. The lowest BCUT2D eigenvalue weighted by Crippen LogP contribution is -2.47. The molecular formula is C22H33N5O5S2. The molecule has 0 heterocycles. The Morgan fingerprint density at radius 2 is 1.91 bits per heavy atom. The Hall–Kier alpha value is -2.43. The molecule has 2 rings (SSSR count). The van der Waals surface area contributed by atoms with Crippen LogP contribution in [-0.2, 0) is 19.4 Å². The van der Waals surface area contributed by atoms with Gasteiger partial charge in [-0.05, 0) is 82.0 Å². The van der Waals surface area contributed by atoms with Crippen molar-refractivity contribution >= 4 is 33.6 Å². The second kappa shape index (κ2) is 12.3. The van der Waals surface area contributed by atoms with Gasteiger partial charge < -0.3 is 15.4 Å². The maximum atomic E-state index is 13.1. The molecule has 0 spiro atoms. The lowest BCUT2D eigenvalue weighted by Gasteiger charge is -2.35. The quantitative estimate of drug-likeness (QED) is 0.221. The van der Waals surface area contributed by atoms with Gasteiger partial charge in [0.1, 0.15) is 5.60 Å². The molecule has 1 aliphatic rings. The first kappa shape index (κ1) is 27.8. The molecule has 188 valence electrons. The van der Waals surface area contributed by atoms with Crippen LogP contribution in [0.5, 0.6) is 0 Å². The molecule has 0 aromatic heterocycles. The van der Waals surface area contributed by atoms with Crippen LogP contribution < -0.4 is 10.6 Å². The highest BCUT2D eigenvalue weighted by molar-refractivity contribution is 7.98. The van der Waals surface area contributed by atoms with Crippen molar-refractivity contribution in [3.8, 4) is 0 Å². The minimum atomic E-state index is -3.61. The van der Waals surface area contributed by atoms with E-state index in [4.69, 9.17) is 10.3 Å². The molecule has 34 heavy (non-hydrogen) atoms. The fourth-order valence-electron chi connectivity index (χ4n) is 3.82. The summed E-state index contributed by atoms with van der Waals surface area (Å²) in [5.41, 5.74) is 8.18. The van der Waals surface area contributed by atoms with Gasteiger partial charge in [0, 0.05) is 34.9 Å². The SMILES string of the molecule is CSc1ccc(S(=O)(=O)C[C@H]2C[C@@H](N=[N+]=[N-])CC[C@H]2NC(=O)CCNC(=O)OC(C)(C)C)cc1. The van der Waals surface area contributed by atoms with Gasteiger partial charge in [-0.1, -0.05) is 5.11 Å². The molecule has 0 aliphatic heterocycles. The zero-order valence-corrected chi connectivity index (χ0v) is 21.6.